The monoisotopic (exact) mass is 253 g/mol. The first kappa shape index (κ1) is 9.56. The summed E-state index contributed by atoms with van der Waals surface area (Å²) in [4.78, 5) is 11.5. The number of hydrogen-bond acceptors (Lipinski definition) is 4. The van der Waals surface area contributed by atoms with E-state index in [1.165, 1.54) is 15.7 Å². The molecule has 16 heavy (non-hydrogen) atoms. The summed E-state index contributed by atoms with van der Waals surface area (Å²) in [5, 5.41) is 17.0. The molecule has 0 radical (unpaired) electrons. The molecule has 1 N–H and O–H groups in total. The Balaban J connectivity index is 2.50. The topological polar surface area (TPSA) is 67.5 Å². The number of halogens is 1. The maximum atomic E-state index is 10.9. The highest BCUT2D eigenvalue weighted by atomic mass is 35.5. The van der Waals surface area contributed by atoms with Gasteiger partial charge in [-0.25, -0.2) is 4.79 Å². The second-order valence-electron chi connectivity index (χ2n) is 3.16. The highest BCUT2D eigenvalue weighted by molar-refractivity contribution is 7.23. The molecule has 0 fully saturated rings. The van der Waals surface area contributed by atoms with Gasteiger partial charge in [-0.3, -0.25) is 4.40 Å². The van der Waals surface area contributed by atoms with Crippen molar-refractivity contribution in [1.29, 1.82) is 0 Å². The van der Waals surface area contributed by atoms with E-state index in [1.807, 2.05) is 0 Å². The van der Waals surface area contributed by atoms with Gasteiger partial charge in [0.2, 0.25) is 10.8 Å². The fourth-order valence-corrected chi connectivity index (χ4v) is 2.79. The van der Waals surface area contributed by atoms with Crippen molar-refractivity contribution in [3.05, 3.63) is 29.0 Å². The van der Waals surface area contributed by atoms with Gasteiger partial charge in [0.25, 0.3) is 0 Å². The van der Waals surface area contributed by atoms with Crippen molar-refractivity contribution in [1.82, 2.24) is 14.6 Å². The van der Waals surface area contributed by atoms with E-state index >= 15 is 0 Å². The van der Waals surface area contributed by atoms with Gasteiger partial charge in [0, 0.05) is 5.02 Å². The molecule has 0 bridgehead atoms. The first-order valence-corrected chi connectivity index (χ1v) is 5.53. The van der Waals surface area contributed by atoms with Gasteiger partial charge in [-0.15, -0.1) is 10.2 Å². The van der Waals surface area contributed by atoms with Crippen LogP contribution >= 0.6 is 22.9 Å². The number of fused-ring (bicyclic) bond motifs is 3. The zero-order valence-electron chi connectivity index (χ0n) is 7.72. The third-order valence-corrected chi connectivity index (χ3v) is 3.42. The van der Waals surface area contributed by atoms with Crippen LogP contribution in [0.2, 0.25) is 5.02 Å². The van der Waals surface area contributed by atoms with E-state index in [0.29, 0.717) is 9.98 Å². The molecule has 0 saturated heterocycles. The minimum absolute atomic E-state index is 0.0800. The number of aromatic nitrogens is 3. The normalized spacial score (nSPS) is 11.3. The first-order valence-electron chi connectivity index (χ1n) is 4.33. The standard InChI is InChI=1S/C9H4ClN3O2S/c10-4-1-2-5-6(3-4)16-9-12-11-7(8(14)15)13(5)9/h1-3H,(H,14,15). The fourth-order valence-electron chi connectivity index (χ4n) is 1.54. The molecule has 5 nitrogen and oxygen atoms in total. The van der Waals surface area contributed by atoms with Gasteiger partial charge in [0.05, 0.1) is 10.2 Å². The summed E-state index contributed by atoms with van der Waals surface area (Å²) < 4.78 is 2.40. The summed E-state index contributed by atoms with van der Waals surface area (Å²) >= 11 is 7.22. The molecule has 0 atom stereocenters. The first-order chi connectivity index (χ1) is 7.66. The average Bonchev–Trinajstić information content (AvgIpc) is 2.74. The van der Waals surface area contributed by atoms with E-state index in [9.17, 15) is 4.79 Å². The molecule has 0 aliphatic carbocycles. The van der Waals surface area contributed by atoms with Gasteiger partial charge in [-0.1, -0.05) is 22.9 Å². The van der Waals surface area contributed by atoms with Crippen LogP contribution in [0, 0.1) is 0 Å². The lowest BCUT2D eigenvalue weighted by Crippen LogP contribution is -2.02. The third kappa shape index (κ3) is 1.20. The SMILES string of the molecule is O=C(O)c1nnc2sc3cc(Cl)ccc3n12. The highest BCUT2D eigenvalue weighted by Gasteiger charge is 2.17. The zero-order chi connectivity index (χ0) is 11.3. The Morgan fingerprint density at radius 3 is 3.00 bits per heavy atom. The van der Waals surface area contributed by atoms with Crippen LogP contribution in [0.15, 0.2) is 18.2 Å². The van der Waals surface area contributed by atoms with Crippen LogP contribution in [0.4, 0.5) is 0 Å². The summed E-state index contributed by atoms with van der Waals surface area (Å²) in [5.41, 5.74) is 0.756. The zero-order valence-corrected chi connectivity index (χ0v) is 9.29. The smallest absolute Gasteiger partial charge is 0.374 e. The maximum absolute atomic E-state index is 10.9. The van der Waals surface area contributed by atoms with Crippen molar-refractivity contribution < 1.29 is 9.90 Å². The molecular weight excluding hydrogens is 250 g/mol. The minimum Gasteiger partial charge on any atom is -0.475 e. The molecule has 80 valence electrons. The summed E-state index contributed by atoms with van der Waals surface area (Å²) in [7, 11) is 0. The molecule has 0 unspecified atom stereocenters. The number of benzene rings is 1. The van der Waals surface area contributed by atoms with Crippen LogP contribution in [-0.2, 0) is 0 Å². The Labute approximate surface area is 97.9 Å². The number of hydrogen-bond donors (Lipinski definition) is 1. The third-order valence-electron chi connectivity index (χ3n) is 2.19. The lowest BCUT2D eigenvalue weighted by atomic mass is 10.3. The minimum atomic E-state index is -1.10. The Bertz CT molecular complexity index is 718. The Morgan fingerprint density at radius 1 is 1.44 bits per heavy atom. The Kier molecular flexibility index (Phi) is 1.89. The number of thiazole rings is 1. The predicted octanol–water partition coefficient (Wildman–Crippen LogP) is 2.30. The number of carbonyl (C=O) groups is 1. The lowest BCUT2D eigenvalue weighted by Gasteiger charge is -1.93. The van der Waals surface area contributed by atoms with E-state index in [-0.39, 0.29) is 5.82 Å². The van der Waals surface area contributed by atoms with Crippen molar-refractivity contribution >= 4 is 44.1 Å². The van der Waals surface area contributed by atoms with Gasteiger partial charge in [-0.2, -0.15) is 0 Å². The number of aromatic carboxylic acids is 1. The van der Waals surface area contributed by atoms with E-state index in [0.717, 1.165) is 10.2 Å². The van der Waals surface area contributed by atoms with Crippen molar-refractivity contribution in [2.75, 3.05) is 0 Å². The van der Waals surface area contributed by atoms with Crippen LogP contribution < -0.4 is 0 Å². The molecule has 2 heterocycles. The van der Waals surface area contributed by atoms with E-state index in [4.69, 9.17) is 16.7 Å². The molecular formula is C9H4ClN3O2S. The molecule has 0 saturated carbocycles. The number of nitrogens with zero attached hydrogens (tertiary/aromatic N) is 3. The molecule has 7 heteroatoms. The summed E-state index contributed by atoms with van der Waals surface area (Å²) in [5.74, 6) is -1.18. The summed E-state index contributed by atoms with van der Waals surface area (Å²) in [6.07, 6.45) is 0. The molecule has 0 spiro atoms. The molecule has 0 aliphatic rings. The largest absolute Gasteiger partial charge is 0.475 e. The van der Waals surface area contributed by atoms with E-state index < -0.39 is 5.97 Å². The van der Waals surface area contributed by atoms with Gasteiger partial charge < -0.3 is 5.11 Å². The molecule has 3 rings (SSSR count). The van der Waals surface area contributed by atoms with Gasteiger partial charge >= 0.3 is 5.97 Å². The maximum Gasteiger partial charge on any atom is 0.374 e. The Hall–Kier alpha value is -1.66. The van der Waals surface area contributed by atoms with Crippen LogP contribution in [0.3, 0.4) is 0 Å². The highest BCUT2D eigenvalue weighted by Crippen LogP contribution is 2.28. The lowest BCUT2D eigenvalue weighted by molar-refractivity contribution is 0.0682. The molecule has 0 amide bonds. The van der Waals surface area contributed by atoms with Crippen LogP contribution in [0.1, 0.15) is 10.6 Å². The second-order valence-corrected chi connectivity index (χ2v) is 4.61. The molecule has 0 aliphatic heterocycles. The van der Waals surface area contributed by atoms with Gasteiger partial charge in [0.1, 0.15) is 0 Å². The molecule has 3 aromatic rings. The quantitative estimate of drug-likeness (QED) is 0.723. The van der Waals surface area contributed by atoms with Gasteiger partial charge in [-0.05, 0) is 18.2 Å². The average molecular weight is 254 g/mol. The van der Waals surface area contributed by atoms with Gasteiger partial charge in [0.15, 0.2) is 0 Å². The second kappa shape index (κ2) is 3.16. The van der Waals surface area contributed by atoms with Crippen molar-refractivity contribution in [3.8, 4) is 0 Å². The number of rotatable bonds is 1. The molecule has 1 aromatic carbocycles. The van der Waals surface area contributed by atoms with E-state index in [2.05, 4.69) is 10.2 Å². The predicted molar refractivity (Wildman–Crippen MR) is 60.3 cm³/mol. The molecule has 2 aromatic heterocycles. The van der Waals surface area contributed by atoms with Crippen LogP contribution in [-0.4, -0.2) is 25.7 Å². The summed E-state index contributed by atoms with van der Waals surface area (Å²) in [6.45, 7) is 0. The summed E-state index contributed by atoms with van der Waals surface area (Å²) in [6, 6.07) is 5.25. The number of carboxylic acids is 1. The van der Waals surface area contributed by atoms with Crippen LogP contribution in [0.5, 0.6) is 0 Å². The van der Waals surface area contributed by atoms with Crippen LogP contribution in [0.25, 0.3) is 15.2 Å². The fraction of sp³-hybridized carbons (Fsp3) is 0. The number of carboxylic acid groups (broad SMARTS) is 1. The van der Waals surface area contributed by atoms with Crippen molar-refractivity contribution in [2.24, 2.45) is 0 Å². The Morgan fingerprint density at radius 2 is 2.25 bits per heavy atom. The van der Waals surface area contributed by atoms with Crippen molar-refractivity contribution in [2.45, 2.75) is 0 Å². The van der Waals surface area contributed by atoms with Crippen molar-refractivity contribution in [3.63, 3.8) is 0 Å². The van der Waals surface area contributed by atoms with E-state index in [1.54, 1.807) is 18.2 Å².